The van der Waals surface area contributed by atoms with Crippen molar-refractivity contribution in [1.29, 1.82) is 0 Å². The molecule has 0 fully saturated rings. The maximum Gasteiger partial charge on any atom is 0.255 e. The molecule has 0 aliphatic rings. The zero-order valence-electron chi connectivity index (χ0n) is 14.5. The zero-order chi connectivity index (χ0) is 18.4. The minimum atomic E-state index is -3.27. The predicted molar refractivity (Wildman–Crippen MR) is 97.7 cm³/mol. The third kappa shape index (κ3) is 3.28. The molecule has 1 heterocycles. The summed E-state index contributed by atoms with van der Waals surface area (Å²) in [5.41, 5.74) is 3.48. The van der Waals surface area contributed by atoms with E-state index >= 15 is 0 Å². The summed E-state index contributed by atoms with van der Waals surface area (Å²) >= 11 is 0. The molecule has 0 spiro atoms. The van der Waals surface area contributed by atoms with E-state index in [1.54, 1.807) is 31.2 Å². The summed E-state index contributed by atoms with van der Waals surface area (Å²) in [6, 6.07) is 10.0. The largest absolute Gasteiger partial charge is 0.331 e. The standard InChI is InChI=1S/C18H19N3O3S/c1-11-9-14(25(4,23)24)6-7-15(11)20-18(22)13-5-8-17-16(10-13)19-12(2)21(17)3/h5-10H,1-4H3,(H,20,22). The molecule has 0 radical (unpaired) electrons. The highest BCUT2D eigenvalue weighted by Crippen LogP contribution is 2.21. The van der Waals surface area contributed by atoms with E-state index in [0.717, 1.165) is 23.1 Å². The number of nitrogens with zero attached hydrogens (tertiary/aromatic N) is 2. The number of aryl methyl sites for hydroxylation is 3. The average Bonchev–Trinajstić information content (AvgIpc) is 2.82. The highest BCUT2D eigenvalue weighted by Gasteiger charge is 2.13. The Morgan fingerprint density at radius 3 is 2.48 bits per heavy atom. The van der Waals surface area contributed by atoms with Gasteiger partial charge in [0.05, 0.1) is 15.9 Å². The third-order valence-electron chi connectivity index (χ3n) is 4.24. The van der Waals surface area contributed by atoms with Crippen LogP contribution >= 0.6 is 0 Å². The van der Waals surface area contributed by atoms with Crippen LogP contribution in [0.5, 0.6) is 0 Å². The molecule has 0 bridgehead atoms. The normalized spacial score (nSPS) is 11.7. The maximum atomic E-state index is 12.5. The quantitative estimate of drug-likeness (QED) is 0.781. The Kier molecular flexibility index (Phi) is 4.12. The van der Waals surface area contributed by atoms with Crippen molar-refractivity contribution in [2.75, 3.05) is 11.6 Å². The van der Waals surface area contributed by atoms with Crippen molar-refractivity contribution in [3.8, 4) is 0 Å². The van der Waals surface area contributed by atoms with Gasteiger partial charge in [-0.05, 0) is 55.8 Å². The van der Waals surface area contributed by atoms with Gasteiger partial charge in [0.1, 0.15) is 5.82 Å². The van der Waals surface area contributed by atoms with E-state index in [9.17, 15) is 13.2 Å². The molecule has 0 saturated heterocycles. The lowest BCUT2D eigenvalue weighted by Gasteiger charge is -2.10. The lowest BCUT2D eigenvalue weighted by Crippen LogP contribution is -2.13. The molecular weight excluding hydrogens is 338 g/mol. The Balaban J connectivity index is 1.90. The zero-order valence-corrected chi connectivity index (χ0v) is 15.3. The van der Waals surface area contributed by atoms with Gasteiger partial charge in [-0.2, -0.15) is 0 Å². The highest BCUT2D eigenvalue weighted by atomic mass is 32.2. The molecule has 0 atom stereocenters. The lowest BCUT2D eigenvalue weighted by atomic mass is 10.1. The molecule has 3 rings (SSSR count). The van der Waals surface area contributed by atoms with E-state index in [1.807, 2.05) is 24.6 Å². The van der Waals surface area contributed by atoms with Gasteiger partial charge in [0, 0.05) is 24.6 Å². The molecule has 0 aliphatic heterocycles. The predicted octanol–water partition coefficient (Wildman–Crippen LogP) is 2.85. The number of hydrogen-bond acceptors (Lipinski definition) is 4. The van der Waals surface area contributed by atoms with Crippen molar-refractivity contribution in [2.24, 2.45) is 7.05 Å². The van der Waals surface area contributed by atoms with E-state index < -0.39 is 9.84 Å². The second kappa shape index (κ2) is 6.00. The lowest BCUT2D eigenvalue weighted by molar-refractivity contribution is 0.102. The summed E-state index contributed by atoms with van der Waals surface area (Å²) in [6.45, 7) is 3.67. The summed E-state index contributed by atoms with van der Waals surface area (Å²) < 4.78 is 25.2. The van der Waals surface area contributed by atoms with Crippen LogP contribution in [0.1, 0.15) is 21.7 Å². The van der Waals surface area contributed by atoms with E-state index in [0.29, 0.717) is 16.8 Å². The maximum absolute atomic E-state index is 12.5. The molecule has 130 valence electrons. The number of rotatable bonds is 3. The number of carbonyl (C=O) groups is 1. The number of anilines is 1. The molecule has 1 amide bonds. The van der Waals surface area contributed by atoms with Crippen molar-refractivity contribution in [3.63, 3.8) is 0 Å². The SMILES string of the molecule is Cc1cc(S(C)(=O)=O)ccc1NC(=O)c1ccc2c(c1)nc(C)n2C. The van der Waals surface area contributed by atoms with Gasteiger partial charge >= 0.3 is 0 Å². The van der Waals surface area contributed by atoms with Crippen molar-refractivity contribution in [1.82, 2.24) is 9.55 Å². The molecule has 3 aromatic rings. The Bertz CT molecular complexity index is 1100. The van der Waals surface area contributed by atoms with Gasteiger partial charge < -0.3 is 9.88 Å². The highest BCUT2D eigenvalue weighted by molar-refractivity contribution is 7.90. The summed E-state index contributed by atoms with van der Waals surface area (Å²) in [7, 11) is -1.34. The van der Waals surface area contributed by atoms with Gasteiger partial charge in [0.15, 0.2) is 9.84 Å². The first kappa shape index (κ1) is 17.2. The van der Waals surface area contributed by atoms with E-state index in [4.69, 9.17) is 0 Å². The molecule has 25 heavy (non-hydrogen) atoms. The number of hydrogen-bond donors (Lipinski definition) is 1. The summed E-state index contributed by atoms with van der Waals surface area (Å²) in [5, 5.41) is 2.82. The van der Waals surface area contributed by atoms with Gasteiger partial charge in [0.2, 0.25) is 0 Å². The van der Waals surface area contributed by atoms with Crippen LogP contribution in [0, 0.1) is 13.8 Å². The fraction of sp³-hybridized carbons (Fsp3) is 0.222. The summed E-state index contributed by atoms with van der Waals surface area (Å²) in [4.78, 5) is 17.2. The molecule has 1 N–H and O–H groups in total. The van der Waals surface area contributed by atoms with Crippen LogP contribution in [0.15, 0.2) is 41.3 Å². The van der Waals surface area contributed by atoms with Crippen molar-refractivity contribution < 1.29 is 13.2 Å². The minimum Gasteiger partial charge on any atom is -0.331 e. The molecule has 0 aliphatic carbocycles. The van der Waals surface area contributed by atoms with Crippen molar-refractivity contribution >= 4 is 32.5 Å². The van der Waals surface area contributed by atoms with E-state index in [2.05, 4.69) is 10.3 Å². The number of imidazole rings is 1. The number of carbonyl (C=O) groups excluding carboxylic acids is 1. The number of fused-ring (bicyclic) bond motifs is 1. The number of sulfone groups is 1. The van der Waals surface area contributed by atoms with Crippen molar-refractivity contribution in [2.45, 2.75) is 18.7 Å². The Labute approximate surface area is 146 Å². The molecule has 1 aromatic heterocycles. The molecule has 7 heteroatoms. The number of aromatic nitrogens is 2. The van der Waals surface area contributed by atoms with Crippen LogP contribution in [0.3, 0.4) is 0 Å². The van der Waals surface area contributed by atoms with Crippen LogP contribution in [-0.4, -0.2) is 30.1 Å². The van der Waals surface area contributed by atoms with E-state index in [-0.39, 0.29) is 10.8 Å². The van der Waals surface area contributed by atoms with Crippen LogP contribution in [0.25, 0.3) is 11.0 Å². The first-order valence-corrected chi connectivity index (χ1v) is 9.61. The molecule has 2 aromatic carbocycles. The van der Waals surface area contributed by atoms with Crippen LogP contribution in [0.4, 0.5) is 5.69 Å². The molecular formula is C18H19N3O3S. The monoisotopic (exact) mass is 357 g/mol. The van der Waals surface area contributed by atoms with Crippen LogP contribution < -0.4 is 5.32 Å². The summed E-state index contributed by atoms with van der Waals surface area (Å²) in [6.07, 6.45) is 1.16. The third-order valence-corrected chi connectivity index (χ3v) is 5.35. The molecule has 0 unspecified atom stereocenters. The fourth-order valence-corrected chi connectivity index (χ4v) is 3.37. The van der Waals surface area contributed by atoms with Crippen LogP contribution in [0.2, 0.25) is 0 Å². The van der Waals surface area contributed by atoms with Gasteiger partial charge in [-0.1, -0.05) is 0 Å². The second-order valence-electron chi connectivity index (χ2n) is 6.12. The van der Waals surface area contributed by atoms with E-state index in [1.165, 1.54) is 6.07 Å². The minimum absolute atomic E-state index is 0.230. The molecule has 0 saturated carbocycles. The molecule has 6 nitrogen and oxygen atoms in total. The average molecular weight is 357 g/mol. The van der Waals surface area contributed by atoms with Gasteiger partial charge in [-0.15, -0.1) is 0 Å². The first-order valence-electron chi connectivity index (χ1n) is 7.72. The Morgan fingerprint density at radius 2 is 1.84 bits per heavy atom. The first-order chi connectivity index (χ1) is 11.7. The Hall–Kier alpha value is -2.67. The summed E-state index contributed by atoms with van der Waals surface area (Å²) in [5.74, 6) is 0.611. The van der Waals surface area contributed by atoms with Crippen LogP contribution in [-0.2, 0) is 16.9 Å². The smallest absolute Gasteiger partial charge is 0.255 e. The second-order valence-corrected chi connectivity index (χ2v) is 8.14. The number of benzene rings is 2. The topological polar surface area (TPSA) is 81.1 Å². The Morgan fingerprint density at radius 1 is 1.12 bits per heavy atom. The van der Waals surface area contributed by atoms with Gasteiger partial charge in [-0.25, -0.2) is 13.4 Å². The van der Waals surface area contributed by atoms with Gasteiger partial charge in [-0.3, -0.25) is 4.79 Å². The van der Waals surface area contributed by atoms with Gasteiger partial charge in [0.25, 0.3) is 5.91 Å². The fourth-order valence-electron chi connectivity index (χ4n) is 2.66. The number of nitrogens with one attached hydrogen (secondary N) is 1. The number of amides is 1. The van der Waals surface area contributed by atoms with Crippen molar-refractivity contribution in [3.05, 3.63) is 53.3 Å².